The van der Waals surface area contributed by atoms with E-state index in [0.717, 1.165) is 5.56 Å². The Hall–Kier alpha value is -3.78. The summed E-state index contributed by atoms with van der Waals surface area (Å²) in [4.78, 5) is 28.2. The molecular formula is C25H27ClN2O6. The summed E-state index contributed by atoms with van der Waals surface area (Å²) in [6.45, 7) is 3.29. The summed E-state index contributed by atoms with van der Waals surface area (Å²) in [7, 11) is 1.37. The maximum Gasteiger partial charge on any atom is 0.328 e. The Morgan fingerprint density at radius 2 is 1.68 bits per heavy atom. The lowest BCUT2D eigenvalue weighted by Crippen LogP contribution is -2.41. The molecule has 180 valence electrons. The maximum atomic E-state index is 12.2. The van der Waals surface area contributed by atoms with Crippen molar-refractivity contribution in [1.29, 1.82) is 0 Å². The van der Waals surface area contributed by atoms with Crippen LogP contribution >= 0.6 is 11.6 Å². The normalized spacial score (nSPS) is 11.9. The second-order valence-corrected chi connectivity index (χ2v) is 7.76. The van der Waals surface area contributed by atoms with Crippen molar-refractivity contribution in [2.24, 2.45) is 0 Å². The zero-order valence-corrected chi connectivity index (χ0v) is 19.8. The van der Waals surface area contributed by atoms with E-state index >= 15 is 0 Å². The molecule has 1 heterocycles. The number of aromatic nitrogens is 1. The van der Waals surface area contributed by atoms with Gasteiger partial charge in [-0.05, 0) is 43.7 Å². The topological polar surface area (TPSA) is 118 Å². The van der Waals surface area contributed by atoms with Crippen molar-refractivity contribution in [2.45, 2.75) is 32.4 Å². The van der Waals surface area contributed by atoms with Crippen LogP contribution < -0.4 is 10.1 Å². The molecule has 8 nitrogen and oxygen atoms in total. The molecule has 0 saturated heterocycles. The highest BCUT2D eigenvalue weighted by Crippen LogP contribution is 2.27. The van der Waals surface area contributed by atoms with Gasteiger partial charge in [0.25, 0.3) is 5.91 Å². The molecule has 0 bridgehead atoms. The minimum atomic E-state index is -0.895. The maximum absolute atomic E-state index is 12.2. The summed E-state index contributed by atoms with van der Waals surface area (Å²) in [6.07, 6.45) is 1.57. The fraction of sp³-hybridized carbons (Fsp3) is 0.240. The highest BCUT2D eigenvalue weighted by atomic mass is 35.5. The van der Waals surface area contributed by atoms with Gasteiger partial charge < -0.3 is 25.0 Å². The molecule has 1 amide bonds. The number of phenolic OH excluding ortho intramolecular Hbond substituents is 1. The van der Waals surface area contributed by atoms with Crippen molar-refractivity contribution < 1.29 is 29.3 Å². The fourth-order valence-corrected chi connectivity index (χ4v) is 2.95. The molecule has 0 aliphatic heterocycles. The smallest absolute Gasteiger partial charge is 0.328 e. The van der Waals surface area contributed by atoms with Crippen LogP contribution in [-0.2, 0) is 16.0 Å². The number of hydrogen-bond donors (Lipinski definition) is 3. The summed E-state index contributed by atoms with van der Waals surface area (Å²) in [5, 5.41) is 21.8. The van der Waals surface area contributed by atoms with E-state index in [0.29, 0.717) is 11.4 Å². The molecule has 0 aliphatic carbocycles. The second kappa shape index (κ2) is 13.1. The number of carbonyl (C=O) groups excluding carboxylic acids is 2. The zero-order valence-electron chi connectivity index (χ0n) is 19.1. The Morgan fingerprint density at radius 1 is 1.03 bits per heavy atom. The van der Waals surface area contributed by atoms with Crippen LogP contribution in [0.5, 0.6) is 17.2 Å². The van der Waals surface area contributed by atoms with Crippen molar-refractivity contribution in [2.75, 3.05) is 7.11 Å². The molecule has 1 aromatic heterocycles. The number of methoxy groups -OCH3 is 1. The highest BCUT2D eigenvalue weighted by Gasteiger charge is 2.23. The number of pyridine rings is 1. The van der Waals surface area contributed by atoms with Crippen molar-refractivity contribution >= 4 is 23.5 Å². The van der Waals surface area contributed by atoms with Gasteiger partial charge in [0, 0.05) is 23.7 Å². The summed E-state index contributed by atoms with van der Waals surface area (Å²) in [6, 6.07) is 16.5. The number of rotatable bonds is 7. The molecular weight excluding hydrogens is 460 g/mol. The molecule has 3 rings (SSSR count). The van der Waals surface area contributed by atoms with E-state index in [1.165, 1.54) is 26.3 Å². The standard InChI is InChI=1S/C19H22N2O5.C6H5ClO/c1-12(11-14-7-5-4-6-8-14)26-19(24)13(2)21-18(23)16-17(22)15(25-3)9-10-20-16;7-5-1-3-6(8)4-2-5/h4-10,12-13,22H,11H2,1-3H3,(H,21,23);1-4,8H/t12?,13-;/m0./s1. The molecule has 1 unspecified atom stereocenters. The minimum absolute atomic E-state index is 0.122. The van der Waals surface area contributed by atoms with E-state index in [2.05, 4.69) is 10.3 Å². The molecule has 0 spiro atoms. The molecule has 0 saturated carbocycles. The molecule has 2 aromatic carbocycles. The number of benzene rings is 2. The first-order valence-electron chi connectivity index (χ1n) is 10.4. The number of ether oxygens (including phenoxy) is 2. The first-order chi connectivity index (χ1) is 16.2. The van der Waals surface area contributed by atoms with Gasteiger partial charge in [-0.1, -0.05) is 41.9 Å². The number of aromatic hydroxyl groups is 2. The number of carbonyl (C=O) groups is 2. The lowest BCUT2D eigenvalue weighted by Gasteiger charge is -2.18. The van der Waals surface area contributed by atoms with Crippen LogP contribution in [0.1, 0.15) is 29.9 Å². The predicted octanol–water partition coefficient (Wildman–Crippen LogP) is 4.13. The third-order valence-electron chi connectivity index (χ3n) is 4.53. The van der Waals surface area contributed by atoms with Gasteiger partial charge in [0.1, 0.15) is 17.9 Å². The van der Waals surface area contributed by atoms with E-state index < -0.39 is 17.9 Å². The van der Waals surface area contributed by atoms with Gasteiger partial charge in [-0.3, -0.25) is 4.79 Å². The Labute approximate surface area is 203 Å². The van der Waals surface area contributed by atoms with Crippen LogP contribution in [0, 0.1) is 0 Å². The average Bonchev–Trinajstić information content (AvgIpc) is 2.82. The van der Waals surface area contributed by atoms with E-state index in [4.69, 9.17) is 26.2 Å². The molecule has 0 fully saturated rings. The van der Waals surface area contributed by atoms with Gasteiger partial charge in [0.2, 0.25) is 0 Å². The van der Waals surface area contributed by atoms with Gasteiger partial charge in [0.05, 0.1) is 7.11 Å². The highest BCUT2D eigenvalue weighted by molar-refractivity contribution is 6.30. The van der Waals surface area contributed by atoms with E-state index in [-0.39, 0.29) is 29.0 Å². The zero-order chi connectivity index (χ0) is 25.1. The molecule has 0 aliphatic rings. The number of esters is 1. The van der Waals surface area contributed by atoms with Crippen molar-refractivity contribution in [1.82, 2.24) is 10.3 Å². The lowest BCUT2D eigenvalue weighted by atomic mass is 10.1. The SMILES string of the molecule is COc1ccnc(C(=O)N[C@@H](C)C(=O)OC(C)Cc2ccccc2)c1O.Oc1ccc(Cl)cc1. The molecule has 34 heavy (non-hydrogen) atoms. The summed E-state index contributed by atoms with van der Waals surface area (Å²) < 4.78 is 10.3. The number of halogens is 1. The minimum Gasteiger partial charge on any atom is -0.508 e. The molecule has 3 N–H and O–H groups in total. The molecule has 9 heteroatoms. The van der Waals surface area contributed by atoms with Gasteiger partial charge in [-0.15, -0.1) is 0 Å². The third kappa shape index (κ3) is 8.29. The van der Waals surface area contributed by atoms with Crippen LogP contribution in [0.4, 0.5) is 0 Å². The van der Waals surface area contributed by atoms with Crippen LogP contribution in [0.15, 0.2) is 66.9 Å². The van der Waals surface area contributed by atoms with Gasteiger partial charge >= 0.3 is 5.97 Å². The first kappa shape index (κ1) is 26.5. The van der Waals surface area contributed by atoms with Gasteiger partial charge in [-0.25, -0.2) is 9.78 Å². The Kier molecular flexibility index (Phi) is 10.2. The second-order valence-electron chi connectivity index (χ2n) is 7.32. The van der Waals surface area contributed by atoms with Crippen LogP contribution in [0.3, 0.4) is 0 Å². The molecule has 0 radical (unpaired) electrons. The lowest BCUT2D eigenvalue weighted by molar-refractivity contribution is -0.150. The van der Waals surface area contributed by atoms with Crippen molar-refractivity contribution in [3.8, 4) is 17.2 Å². The number of hydrogen-bond acceptors (Lipinski definition) is 7. The van der Waals surface area contributed by atoms with Crippen molar-refractivity contribution in [3.63, 3.8) is 0 Å². The Bertz CT molecular complexity index is 1060. The first-order valence-corrected chi connectivity index (χ1v) is 10.8. The van der Waals surface area contributed by atoms with E-state index in [9.17, 15) is 14.7 Å². The number of amides is 1. The number of nitrogens with one attached hydrogen (secondary N) is 1. The van der Waals surface area contributed by atoms with Crippen LogP contribution in [0.2, 0.25) is 5.02 Å². The largest absolute Gasteiger partial charge is 0.508 e. The summed E-state index contributed by atoms with van der Waals surface area (Å²) in [5.74, 6) is -1.28. The van der Waals surface area contributed by atoms with Crippen LogP contribution in [0.25, 0.3) is 0 Å². The molecule has 3 aromatic rings. The Morgan fingerprint density at radius 3 is 2.26 bits per heavy atom. The number of phenols is 1. The number of nitrogens with zero attached hydrogens (tertiary/aromatic N) is 1. The summed E-state index contributed by atoms with van der Waals surface area (Å²) in [5.41, 5.74) is 0.830. The average molecular weight is 487 g/mol. The summed E-state index contributed by atoms with van der Waals surface area (Å²) >= 11 is 5.50. The monoisotopic (exact) mass is 486 g/mol. The van der Waals surface area contributed by atoms with E-state index in [1.54, 1.807) is 31.2 Å². The van der Waals surface area contributed by atoms with E-state index in [1.807, 2.05) is 30.3 Å². The van der Waals surface area contributed by atoms with Gasteiger partial charge in [0.15, 0.2) is 17.2 Å². The quantitative estimate of drug-likeness (QED) is 0.429. The molecule has 2 atom stereocenters. The van der Waals surface area contributed by atoms with Gasteiger partial charge in [-0.2, -0.15) is 0 Å². The van der Waals surface area contributed by atoms with Crippen molar-refractivity contribution in [3.05, 3.63) is 83.1 Å². The third-order valence-corrected chi connectivity index (χ3v) is 4.79. The predicted molar refractivity (Wildman–Crippen MR) is 128 cm³/mol. The van der Waals surface area contributed by atoms with Crippen LogP contribution in [-0.4, -0.2) is 46.3 Å². The fourth-order valence-electron chi connectivity index (χ4n) is 2.82. The Balaban J connectivity index is 0.000000430.